The second-order valence-corrected chi connectivity index (χ2v) is 8.92. The molecule has 0 saturated heterocycles. The molecule has 1 aromatic heterocycles. The number of alkyl halides is 3. The van der Waals surface area contributed by atoms with Crippen molar-refractivity contribution in [2.75, 3.05) is 44.1 Å². The van der Waals surface area contributed by atoms with Crippen LogP contribution in [0.25, 0.3) is 0 Å². The standard InChI is InChI=1S/C19H28F3N5O2/c1-27(2)16-24-15(25-17(26-16)28-11-19(20,21)22)23-3-4-29-18-8-12-5-13(9-18)7-14(6-12)10-18/h12-14H,3-11H2,1-2H3,(H,23,24,25,26). The first kappa shape index (κ1) is 20.4. The molecule has 4 aliphatic carbocycles. The van der Waals surface area contributed by atoms with Gasteiger partial charge in [0, 0.05) is 20.6 Å². The molecule has 0 unspecified atom stereocenters. The zero-order chi connectivity index (χ0) is 20.6. The van der Waals surface area contributed by atoms with E-state index in [0.717, 1.165) is 37.0 Å². The number of nitrogens with zero attached hydrogens (tertiary/aromatic N) is 4. The van der Waals surface area contributed by atoms with Crippen LogP contribution in [0.1, 0.15) is 38.5 Å². The minimum atomic E-state index is -4.45. The Bertz CT molecular complexity index is 693. The molecule has 1 N–H and O–H groups in total. The van der Waals surface area contributed by atoms with Gasteiger partial charge in [-0.3, -0.25) is 0 Å². The van der Waals surface area contributed by atoms with Gasteiger partial charge >= 0.3 is 12.2 Å². The summed E-state index contributed by atoms with van der Waals surface area (Å²) < 4.78 is 48.3. The molecule has 5 rings (SSSR count). The number of aromatic nitrogens is 3. The van der Waals surface area contributed by atoms with Crippen LogP contribution >= 0.6 is 0 Å². The van der Waals surface area contributed by atoms with Crippen molar-refractivity contribution in [2.24, 2.45) is 17.8 Å². The molecule has 29 heavy (non-hydrogen) atoms. The largest absolute Gasteiger partial charge is 0.454 e. The van der Waals surface area contributed by atoms with Gasteiger partial charge in [-0.25, -0.2) is 0 Å². The van der Waals surface area contributed by atoms with E-state index in [1.807, 2.05) is 0 Å². The smallest absolute Gasteiger partial charge is 0.422 e. The van der Waals surface area contributed by atoms with Crippen molar-refractivity contribution in [2.45, 2.75) is 50.3 Å². The molecular formula is C19H28F3N5O2. The van der Waals surface area contributed by atoms with Gasteiger partial charge in [0.05, 0.1) is 12.2 Å². The van der Waals surface area contributed by atoms with Crippen LogP contribution in [0.2, 0.25) is 0 Å². The lowest BCUT2D eigenvalue weighted by molar-refractivity contribution is -0.159. The van der Waals surface area contributed by atoms with Gasteiger partial charge in [0.2, 0.25) is 11.9 Å². The average molecular weight is 415 g/mol. The molecule has 1 heterocycles. The molecule has 0 aliphatic heterocycles. The van der Waals surface area contributed by atoms with Crippen LogP contribution in [-0.2, 0) is 4.74 Å². The number of nitrogens with one attached hydrogen (secondary N) is 1. The number of hydrogen-bond donors (Lipinski definition) is 1. The molecule has 10 heteroatoms. The maximum atomic E-state index is 12.4. The highest BCUT2D eigenvalue weighted by molar-refractivity contribution is 5.36. The highest BCUT2D eigenvalue weighted by Crippen LogP contribution is 2.57. The minimum Gasteiger partial charge on any atom is -0.454 e. The maximum Gasteiger partial charge on any atom is 0.422 e. The third kappa shape index (κ3) is 5.02. The topological polar surface area (TPSA) is 72.4 Å². The van der Waals surface area contributed by atoms with Crippen molar-refractivity contribution in [3.63, 3.8) is 0 Å². The van der Waals surface area contributed by atoms with Crippen LogP contribution < -0.4 is 15.0 Å². The highest BCUT2D eigenvalue weighted by atomic mass is 19.4. The molecule has 0 radical (unpaired) electrons. The van der Waals surface area contributed by atoms with E-state index in [2.05, 4.69) is 25.0 Å². The lowest BCUT2D eigenvalue weighted by Crippen LogP contribution is -2.52. The second kappa shape index (κ2) is 7.77. The van der Waals surface area contributed by atoms with E-state index in [4.69, 9.17) is 4.74 Å². The van der Waals surface area contributed by atoms with Crippen molar-refractivity contribution in [1.82, 2.24) is 15.0 Å². The zero-order valence-electron chi connectivity index (χ0n) is 16.8. The van der Waals surface area contributed by atoms with Crippen LogP contribution in [0.15, 0.2) is 0 Å². The first-order valence-electron chi connectivity index (χ1n) is 10.2. The van der Waals surface area contributed by atoms with Crippen molar-refractivity contribution in [1.29, 1.82) is 0 Å². The van der Waals surface area contributed by atoms with Crippen molar-refractivity contribution < 1.29 is 22.6 Å². The van der Waals surface area contributed by atoms with Crippen molar-refractivity contribution in [3.05, 3.63) is 0 Å². The molecule has 4 fully saturated rings. The molecule has 0 atom stereocenters. The maximum absolute atomic E-state index is 12.4. The summed E-state index contributed by atoms with van der Waals surface area (Å²) in [6, 6.07) is -0.356. The second-order valence-electron chi connectivity index (χ2n) is 8.92. The van der Waals surface area contributed by atoms with Gasteiger partial charge in [-0.1, -0.05) is 0 Å². The molecule has 4 aliphatic rings. The van der Waals surface area contributed by atoms with Crippen molar-refractivity contribution in [3.8, 4) is 6.01 Å². The van der Waals surface area contributed by atoms with E-state index in [-0.39, 0.29) is 23.5 Å². The Kier molecular flexibility index (Phi) is 5.48. The van der Waals surface area contributed by atoms with E-state index in [1.54, 1.807) is 19.0 Å². The molecule has 7 nitrogen and oxygen atoms in total. The monoisotopic (exact) mass is 415 g/mol. The molecule has 1 aromatic rings. The normalized spacial score (nSPS) is 30.4. The molecule has 4 bridgehead atoms. The first-order chi connectivity index (χ1) is 13.7. The predicted octanol–water partition coefficient (Wildman–Crippen LogP) is 3.28. The first-order valence-corrected chi connectivity index (χ1v) is 10.2. The zero-order valence-corrected chi connectivity index (χ0v) is 16.8. The molecule has 0 spiro atoms. The summed E-state index contributed by atoms with van der Waals surface area (Å²) in [5.74, 6) is 2.84. The highest BCUT2D eigenvalue weighted by Gasteiger charge is 2.51. The summed E-state index contributed by atoms with van der Waals surface area (Å²) >= 11 is 0. The third-order valence-electron chi connectivity index (χ3n) is 6.14. The summed E-state index contributed by atoms with van der Waals surface area (Å²) in [6.45, 7) is -0.469. The van der Waals surface area contributed by atoms with Crippen LogP contribution in [0.3, 0.4) is 0 Å². The Hall–Kier alpha value is -1.84. The Morgan fingerprint density at radius 1 is 1.03 bits per heavy atom. The van der Waals surface area contributed by atoms with Crippen LogP contribution in [0.5, 0.6) is 6.01 Å². The van der Waals surface area contributed by atoms with Crippen LogP contribution in [-0.4, -0.2) is 60.6 Å². The molecule has 162 valence electrons. The Morgan fingerprint density at radius 2 is 1.66 bits per heavy atom. The molecular weight excluding hydrogens is 387 g/mol. The Balaban J connectivity index is 1.32. The third-order valence-corrected chi connectivity index (χ3v) is 6.14. The number of rotatable bonds is 8. The fraction of sp³-hybridized carbons (Fsp3) is 0.842. The van der Waals surface area contributed by atoms with Crippen molar-refractivity contribution >= 4 is 11.9 Å². The van der Waals surface area contributed by atoms with E-state index in [1.165, 1.54) is 19.3 Å². The number of anilines is 2. The van der Waals surface area contributed by atoms with Gasteiger partial charge in [0.15, 0.2) is 6.61 Å². The van der Waals surface area contributed by atoms with E-state index in [9.17, 15) is 13.2 Å². The van der Waals surface area contributed by atoms with Gasteiger partial charge < -0.3 is 19.7 Å². The lowest BCUT2D eigenvalue weighted by Gasteiger charge is -2.56. The SMILES string of the molecule is CN(C)c1nc(NCCOC23CC4CC(CC(C4)C2)C3)nc(OCC(F)(F)F)n1. The average Bonchev–Trinajstić information content (AvgIpc) is 2.62. The van der Waals surface area contributed by atoms with E-state index in [0.29, 0.717) is 13.2 Å². The fourth-order valence-corrected chi connectivity index (χ4v) is 5.47. The van der Waals surface area contributed by atoms with E-state index >= 15 is 0 Å². The summed E-state index contributed by atoms with van der Waals surface area (Å²) in [5, 5.41) is 3.03. The summed E-state index contributed by atoms with van der Waals surface area (Å²) in [4.78, 5) is 13.6. The lowest BCUT2D eigenvalue weighted by atomic mass is 9.54. The fourth-order valence-electron chi connectivity index (χ4n) is 5.47. The Morgan fingerprint density at radius 3 is 2.21 bits per heavy atom. The van der Waals surface area contributed by atoms with Gasteiger partial charge in [0.25, 0.3) is 0 Å². The van der Waals surface area contributed by atoms with Crippen LogP contribution in [0, 0.1) is 17.8 Å². The van der Waals surface area contributed by atoms with Gasteiger partial charge in [-0.2, -0.15) is 28.1 Å². The minimum absolute atomic E-state index is 0.0192. The summed E-state index contributed by atoms with van der Waals surface area (Å²) in [5.41, 5.74) is 0.0192. The molecule has 0 amide bonds. The predicted molar refractivity (Wildman–Crippen MR) is 101 cm³/mol. The molecule has 4 saturated carbocycles. The van der Waals surface area contributed by atoms with Gasteiger partial charge in [0.1, 0.15) is 0 Å². The Labute approximate surface area is 168 Å². The van der Waals surface area contributed by atoms with Gasteiger partial charge in [-0.15, -0.1) is 0 Å². The van der Waals surface area contributed by atoms with Crippen LogP contribution in [0.4, 0.5) is 25.1 Å². The number of halogens is 3. The quantitative estimate of drug-likeness (QED) is 0.654. The number of ether oxygens (including phenoxy) is 2. The molecule has 0 aromatic carbocycles. The van der Waals surface area contributed by atoms with Gasteiger partial charge in [-0.05, 0) is 56.3 Å². The number of hydrogen-bond acceptors (Lipinski definition) is 7. The summed E-state index contributed by atoms with van der Waals surface area (Å²) in [7, 11) is 3.39. The summed E-state index contributed by atoms with van der Waals surface area (Å²) in [6.07, 6.45) is 3.10. The van der Waals surface area contributed by atoms with E-state index < -0.39 is 12.8 Å².